The van der Waals surface area contributed by atoms with Gasteiger partial charge in [-0.15, -0.1) is 0 Å². The molecular weight excluding hydrogens is 424 g/mol. The topological polar surface area (TPSA) is 71.7 Å². The number of morpholine rings is 1. The molecule has 0 aliphatic carbocycles. The summed E-state index contributed by atoms with van der Waals surface area (Å²) in [5, 5.41) is 1.07. The molecule has 2 aromatic carbocycles. The smallest absolute Gasteiger partial charge is 0.210 e. The number of ether oxygens (including phenoxy) is 1. The summed E-state index contributed by atoms with van der Waals surface area (Å²) in [6.45, 7) is 9.57. The number of amides is 1. The van der Waals surface area contributed by atoms with Crippen molar-refractivity contribution in [3.63, 3.8) is 0 Å². The van der Waals surface area contributed by atoms with Crippen molar-refractivity contribution in [1.82, 2.24) is 9.88 Å². The second kappa shape index (κ2) is 8.91. The van der Waals surface area contributed by atoms with Crippen LogP contribution in [-0.4, -0.2) is 48.6 Å². The third kappa shape index (κ3) is 3.80. The fourth-order valence-electron chi connectivity index (χ4n) is 5.88. The second-order valence-corrected chi connectivity index (χ2v) is 9.92. The van der Waals surface area contributed by atoms with E-state index < -0.39 is 0 Å². The highest BCUT2D eigenvalue weighted by molar-refractivity contribution is 5.91. The fraction of sp³-hybridized carbons (Fsp3) is 0.429. The fourth-order valence-corrected chi connectivity index (χ4v) is 5.88. The van der Waals surface area contributed by atoms with Crippen molar-refractivity contribution in [1.29, 1.82) is 0 Å². The molecule has 1 aromatic heterocycles. The first kappa shape index (κ1) is 22.7. The molecule has 5 rings (SSSR count). The molecule has 2 unspecified atom stereocenters. The Hall–Kier alpha value is -3.12. The van der Waals surface area contributed by atoms with Crippen LogP contribution in [0, 0.1) is 6.92 Å². The molecule has 0 radical (unpaired) electrons. The largest absolute Gasteiger partial charge is 0.382 e. The van der Waals surface area contributed by atoms with Gasteiger partial charge in [0, 0.05) is 24.5 Å². The maximum atomic E-state index is 12.2. The van der Waals surface area contributed by atoms with Gasteiger partial charge in [-0.25, -0.2) is 4.98 Å². The Morgan fingerprint density at radius 3 is 2.74 bits per heavy atom. The number of rotatable bonds is 4. The van der Waals surface area contributed by atoms with E-state index in [0.717, 1.165) is 60.9 Å². The molecular formula is C28H34N4O2. The van der Waals surface area contributed by atoms with Crippen LogP contribution in [0.2, 0.25) is 0 Å². The second-order valence-electron chi connectivity index (χ2n) is 9.92. The molecule has 2 aliphatic heterocycles. The van der Waals surface area contributed by atoms with Crippen molar-refractivity contribution >= 4 is 28.8 Å². The number of nitrogens with two attached hydrogens (primary N) is 1. The summed E-state index contributed by atoms with van der Waals surface area (Å²) in [6.07, 6.45) is 4.15. The van der Waals surface area contributed by atoms with Crippen molar-refractivity contribution in [3.8, 4) is 11.1 Å². The van der Waals surface area contributed by atoms with Crippen LogP contribution in [0.4, 0.5) is 11.5 Å². The Kier molecular flexibility index (Phi) is 5.94. The SMILES string of the molecule is Cc1cccc(C2(C)CCCC(C)N2C=O)c1-c1ccc2nc(N)c(N3CCOCC3)cc2c1. The van der Waals surface area contributed by atoms with Crippen LogP contribution in [-0.2, 0) is 15.1 Å². The van der Waals surface area contributed by atoms with Gasteiger partial charge in [0.2, 0.25) is 6.41 Å². The number of carbonyl (C=O) groups is 1. The lowest BCUT2D eigenvalue weighted by atomic mass is 9.76. The monoisotopic (exact) mass is 458 g/mol. The average molecular weight is 459 g/mol. The zero-order valence-electron chi connectivity index (χ0n) is 20.4. The number of carbonyl (C=O) groups excluding carboxylic acids is 1. The van der Waals surface area contributed by atoms with Gasteiger partial charge < -0.3 is 20.3 Å². The lowest BCUT2D eigenvalue weighted by Gasteiger charge is -2.48. The van der Waals surface area contributed by atoms with Crippen LogP contribution in [0.25, 0.3) is 22.0 Å². The molecule has 2 saturated heterocycles. The standard InChI is InChI=1S/C28H34N4O2/c1-19-6-4-8-23(28(3)11-5-7-20(2)32(28)18-33)26(19)21-9-10-24-22(16-21)17-25(27(29)30-24)31-12-14-34-15-13-31/h4,6,8-10,16-18,20H,5,7,11-15H2,1-3H3,(H2,29,30). The summed E-state index contributed by atoms with van der Waals surface area (Å²) in [7, 11) is 0. The highest BCUT2D eigenvalue weighted by Crippen LogP contribution is 2.44. The summed E-state index contributed by atoms with van der Waals surface area (Å²) < 4.78 is 5.51. The molecule has 6 nitrogen and oxygen atoms in total. The molecule has 178 valence electrons. The summed E-state index contributed by atoms with van der Waals surface area (Å²) in [5.74, 6) is 0.559. The van der Waals surface area contributed by atoms with Gasteiger partial charge in [0.25, 0.3) is 0 Å². The van der Waals surface area contributed by atoms with Gasteiger partial charge >= 0.3 is 0 Å². The van der Waals surface area contributed by atoms with E-state index in [1.54, 1.807) is 0 Å². The van der Waals surface area contributed by atoms with Crippen molar-refractivity contribution in [2.45, 2.75) is 51.6 Å². The summed E-state index contributed by atoms with van der Waals surface area (Å²) in [6, 6.07) is 15.3. The number of nitrogen functional groups attached to an aromatic ring is 1. The quantitative estimate of drug-likeness (QED) is 0.565. The van der Waals surface area contributed by atoms with E-state index in [1.165, 1.54) is 16.7 Å². The number of anilines is 2. The van der Waals surface area contributed by atoms with Crippen LogP contribution in [0.5, 0.6) is 0 Å². The normalized spacial score (nSPS) is 23.3. The van der Waals surface area contributed by atoms with Gasteiger partial charge in [-0.1, -0.05) is 24.3 Å². The Balaban J connectivity index is 1.64. The van der Waals surface area contributed by atoms with Gasteiger partial charge in [0.15, 0.2) is 0 Å². The van der Waals surface area contributed by atoms with Gasteiger partial charge in [-0.2, -0.15) is 0 Å². The number of hydrogen-bond donors (Lipinski definition) is 1. The molecule has 6 heteroatoms. The third-order valence-corrected chi connectivity index (χ3v) is 7.76. The number of aryl methyl sites for hydroxylation is 1. The summed E-state index contributed by atoms with van der Waals surface area (Å²) >= 11 is 0. The minimum absolute atomic E-state index is 0.226. The van der Waals surface area contributed by atoms with Gasteiger partial charge in [-0.05, 0) is 80.5 Å². The van der Waals surface area contributed by atoms with E-state index in [0.29, 0.717) is 19.0 Å². The average Bonchev–Trinajstić information content (AvgIpc) is 2.84. The maximum Gasteiger partial charge on any atom is 0.210 e. The number of benzene rings is 2. The molecule has 1 amide bonds. The zero-order chi connectivity index (χ0) is 23.9. The van der Waals surface area contributed by atoms with Crippen molar-refractivity contribution in [2.24, 2.45) is 0 Å². The Labute approximate surface area is 201 Å². The van der Waals surface area contributed by atoms with Crippen molar-refractivity contribution < 1.29 is 9.53 Å². The molecule has 3 aromatic rings. The molecule has 0 bridgehead atoms. The van der Waals surface area contributed by atoms with E-state index in [9.17, 15) is 4.79 Å². The van der Waals surface area contributed by atoms with E-state index in [4.69, 9.17) is 15.5 Å². The van der Waals surface area contributed by atoms with E-state index in [1.807, 2.05) is 4.90 Å². The Morgan fingerprint density at radius 2 is 1.97 bits per heavy atom. The van der Waals surface area contributed by atoms with Crippen LogP contribution in [0.3, 0.4) is 0 Å². The van der Waals surface area contributed by atoms with Crippen molar-refractivity contribution in [3.05, 3.63) is 53.6 Å². The summed E-state index contributed by atoms with van der Waals surface area (Å²) in [5.41, 5.74) is 12.6. The van der Waals surface area contributed by atoms with Crippen LogP contribution in [0.1, 0.15) is 44.2 Å². The van der Waals surface area contributed by atoms with Gasteiger partial charge in [0.1, 0.15) is 5.82 Å². The van der Waals surface area contributed by atoms with Crippen LogP contribution >= 0.6 is 0 Å². The number of pyridine rings is 1. The molecule has 3 heterocycles. The molecule has 0 saturated carbocycles. The molecule has 2 fully saturated rings. The predicted molar refractivity (Wildman–Crippen MR) is 138 cm³/mol. The number of fused-ring (bicyclic) bond motifs is 1. The Morgan fingerprint density at radius 1 is 1.18 bits per heavy atom. The lowest BCUT2D eigenvalue weighted by Crippen LogP contribution is -2.51. The van der Waals surface area contributed by atoms with Crippen molar-refractivity contribution in [2.75, 3.05) is 36.9 Å². The number of piperidine rings is 1. The van der Waals surface area contributed by atoms with E-state index in [-0.39, 0.29) is 11.6 Å². The first-order valence-electron chi connectivity index (χ1n) is 12.3. The number of hydrogen-bond acceptors (Lipinski definition) is 5. The predicted octanol–water partition coefficient (Wildman–Crippen LogP) is 4.88. The van der Waals surface area contributed by atoms with Gasteiger partial charge in [0.05, 0.1) is 30.0 Å². The third-order valence-electron chi connectivity index (χ3n) is 7.76. The minimum Gasteiger partial charge on any atom is -0.382 e. The van der Waals surface area contributed by atoms with E-state index in [2.05, 4.69) is 68.1 Å². The first-order chi connectivity index (χ1) is 16.4. The minimum atomic E-state index is -0.339. The van der Waals surface area contributed by atoms with Crippen LogP contribution in [0.15, 0.2) is 42.5 Å². The molecule has 34 heavy (non-hydrogen) atoms. The van der Waals surface area contributed by atoms with E-state index >= 15 is 0 Å². The highest BCUT2D eigenvalue weighted by Gasteiger charge is 2.40. The molecule has 0 spiro atoms. The zero-order valence-corrected chi connectivity index (χ0v) is 20.4. The number of nitrogens with zero attached hydrogens (tertiary/aromatic N) is 3. The number of aromatic nitrogens is 1. The highest BCUT2D eigenvalue weighted by atomic mass is 16.5. The summed E-state index contributed by atoms with van der Waals surface area (Å²) in [4.78, 5) is 21.2. The molecule has 2 aliphatic rings. The van der Waals surface area contributed by atoms with Crippen LogP contribution < -0.4 is 10.6 Å². The number of likely N-dealkylation sites (tertiary alicyclic amines) is 1. The first-order valence-corrected chi connectivity index (χ1v) is 12.3. The lowest BCUT2D eigenvalue weighted by molar-refractivity contribution is -0.129. The van der Waals surface area contributed by atoms with Gasteiger partial charge in [-0.3, -0.25) is 4.79 Å². The molecule has 2 atom stereocenters. The Bertz CT molecular complexity index is 1220. The molecule has 2 N–H and O–H groups in total. The maximum absolute atomic E-state index is 12.2.